The number of carbonyl (C=O) groups is 1. The Hall–Kier alpha value is -3.21. The molecule has 4 aromatic rings. The average Bonchev–Trinajstić information content (AvgIpc) is 3.30. The van der Waals surface area contributed by atoms with Gasteiger partial charge in [-0.15, -0.1) is 24.8 Å². The zero-order valence-electron chi connectivity index (χ0n) is 23.9. The smallest absolute Gasteiger partial charge is 0.303 e. The number of halogens is 3. The quantitative estimate of drug-likeness (QED) is 0.189. The zero-order valence-corrected chi connectivity index (χ0v) is 26.3. The second kappa shape index (κ2) is 16.6. The molecule has 12 heteroatoms. The number of carboxylic acids is 1. The Morgan fingerprint density at radius 3 is 2.42 bits per heavy atom. The predicted octanol–water partition coefficient (Wildman–Crippen LogP) is 5.96. The molecule has 0 radical (unpaired) electrons. The van der Waals surface area contributed by atoms with Crippen LogP contribution in [-0.2, 0) is 36.2 Å². The first kappa shape index (κ1) is 34.3. The molecule has 232 valence electrons. The highest BCUT2D eigenvalue weighted by molar-refractivity contribution is 6.30. The van der Waals surface area contributed by atoms with Crippen LogP contribution in [0.4, 0.5) is 0 Å². The minimum absolute atomic E-state index is 0. The molecule has 0 saturated carbocycles. The summed E-state index contributed by atoms with van der Waals surface area (Å²) in [6.07, 6.45) is 0.365. The van der Waals surface area contributed by atoms with Crippen molar-refractivity contribution in [2.45, 2.75) is 26.1 Å². The number of morpholine rings is 1. The third-order valence-corrected chi connectivity index (χ3v) is 7.30. The third kappa shape index (κ3) is 9.64. The van der Waals surface area contributed by atoms with E-state index in [0.29, 0.717) is 36.2 Å². The number of ether oxygens (including phenoxy) is 4. The molecule has 2 heterocycles. The van der Waals surface area contributed by atoms with Gasteiger partial charge in [-0.05, 0) is 47.9 Å². The van der Waals surface area contributed by atoms with Gasteiger partial charge >= 0.3 is 5.97 Å². The van der Waals surface area contributed by atoms with Crippen molar-refractivity contribution in [3.8, 4) is 17.2 Å². The summed E-state index contributed by atoms with van der Waals surface area (Å²) in [5.74, 6) is 1.91. The monoisotopic (exact) mass is 651 g/mol. The lowest BCUT2D eigenvalue weighted by molar-refractivity contribution is -0.136. The number of carboxylic acid groups (broad SMARTS) is 1. The maximum absolute atomic E-state index is 11.2. The van der Waals surface area contributed by atoms with Crippen LogP contribution in [0.3, 0.4) is 0 Å². The number of aliphatic carboxylic acids is 1. The van der Waals surface area contributed by atoms with Crippen LogP contribution in [0.15, 0.2) is 60.7 Å². The summed E-state index contributed by atoms with van der Waals surface area (Å²) < 4.78 is 25.6. The lowest BCUT2D eigenvalue weighted by Crippen LogP contribution is -2.38. The highest BCUT2D eigenvalue weighted by Gasteiger charge is 2.14. The first-order valence-electron chi connectivity index (χ1n) is 13.7. The molecular weight excluding hydrogens is 617 g/mol. The number of hydrogen-bond acceptors (Lipinski definition) is 7. The molecule has 0 unspecified atom stereocenters. The minimum Gasteiger partial charge on any atom is -0.492 e. The Morgan fingerprint density at radius 2 is 1.67 bits per heavy atom. The molecule has 0 atom stereocenters. The van der Waals surface area contributed by atoms with E-state index in [9.17, 15) is 4.79 Å². The van der Waals surface area contributed by atoms with Gasteiger partial charge in [0.2, 0.25) is 0 Å². The van der Waals surface area contributed by atoms with Crippen LogP contribution in [0.25, 0.3) is 11.0 Å². The molecule has 1 saturated heterocycles. The summed E-state index contributed by atoms with van der Waals surface area (Å²) in [6.45, 7) is 5.49. The zero-order chi connectivity index (χ0) is 28.6. The van der Waals surface area contributed by atoms with Gasteiger partial charge in [0.15, 0.2) is 0 Å². The van der Waals surface area contributed by atoms with Crippen molar-refractivity contribution in [3.05, 3.63) is 82.6 Å². The maximum Gasteiger partial charge on any atom is 0.303 e. The number of rotatable bonds is 13. The minimum atomic E-state index is -0.860. The van der Waals surface area contributed by atoms with Crippen molar-refractivity contribution in [3.63, 3.8) is 0 Å². The fourth-order valence-corrected chi connectivity index (χ4v) is 4.78. The molecule has 1 N–H and O–H groups in total. The van der Waals surface area contributed by atoms with E-state index < -0.39 is 5.97 Å². The second-order valence-corrected chi connectivity index (χ2v) is 10.3. The van der Waals surface area contributed by atoms with Crippen molar-refractivity contribution in [1.29, 1.82) is 0 Å². The number of fused-ring (bicyclic) bond motifs is 1. The summed E-state index contributed by atoms with van der Waals surface area (Å²) >= 11 is 5.99. The van der Waals surface area contributed by atoms with Crippen molar-refractivity contribution >= 4 is 53.4 Å². The fraction of sp³-hybridized carbons (Fsp3) is 0.355. The summed E-state index contributed by atoms with van der Waals surface area (Å²) in [7, 11) is 1.96. The van der Waals surface area contributed by atoms with Crippen LogP contribution >= 0.6 is 36.4 Å². The van der Waals surface area contributed by atoms with E-state index in [0.717, 1.165) is 66.6 Å². The molecule has 43 heavy (non-hydrogen) atoms. The topological polar surface area (TPSA) is 95.3 Å². The van der Waals surface area contributed by atoms with Crippen molar-refractivity contribution < 1.29 is 28.8 Å². The van der Waals surface area contributed by atoms with E-state index in [1.165, 1.54) is 0 Å². The Bertz CT molecular complexity index is 1480. The van der Waals surface area contributed by atoms with Gasteiger partial charge < -0.3 is 28.6 Å². The molecule has 9 nitrogen and oxygen atoms in total. The van der Waals surface area contributed by atoms with E-state index in [4.69, 9.17) is 40.6 Å². The normalized spacial score (nSPS) is 13.2. The predicted molar refractivity (Wildman–Crippen MR) is 170 cm³/mol. The Balaban J connectivity index is 0.00000253. The second-order valence-electron chi connectivity index (χ2n) is 9.91. The summed E-state index contributed by atoms with van der Waals surface area (Å²) in [6, 6.07) is 18.8. The van der Waals surface area contributed by atoms with Crippen LogP contribution in [0.1, 0.15) is 23.4 Å². The van der Waals surface area contributed by atoms with Crippen LogP contribution < -0.4 is 14.2 Å². The Labute approximate surface area is 268 Å². The van der Waals surface area contributed by atoms with Crippen molar-refractivity contribution in [2.24, 2.45) is 7.05 Å². The standard InChI is InChI=1S/C31H34ClN3O6.2ClH/c1-34-28-18-25(39-17-14-35-12-15-38-16-13-35)9-10-27(28)33-30(34)21-40-26-8-4-23(5-11-31(36)37)29(19-26)41-20-22-2-6-24(32)7-3-22;;/h2-4,6-10,18-19H,5,11-17,20-21H2,1H3,(H,36,37);2*1H. The molecule has 1 aliphatic rings. The fourth-order valence-electron chi connectivity index (χ4n) is 4.65. The molecular formula is C31H36Cl3N3O6. The lowest BCUT2D eigenvalue weighted by Gasteiger charge is -2.26. The van der Waals surface area contributed by atoms with Crippen molar-refractivity contribution in [1.82, 2.24) is 14.5 Å². The SMILES string of the molecule is Cl.Cl.Cn1c(COc2ccc(CCC(=O)O)c(OCc3ccc(Cl)cc3)c2)nc2ccc(OCCN3CCOCC3)cc21. The first-order chi connectivity index (χ1) is 19.9. The van der Waals surface area contributed by atoms with E-state index in [2.05, 4.69) is 4.90 Å². The van der Waals surface area contributed by atoms with Gasteiger partial charge in [0.1, 0.15) is 42.9 Å². The number of imidazole rings is 1. The molecule has 0 amide bonds. The summed E-state index contributed by atoms with van der Waals surface area (Å²) in [5, 5.41) is 9.82. The van der Waals surface area contributed by atoms with Gasteiger partial charge in [-0.2, -0.15) is 0 Å². The van der Waals surface area contributed by atoms with E-state index in [1.807, 2.05) is 66.2 Å². The highest BCUT2D eigenvalue weighted by atomic mass is 35.5. The molecule has 1 fully saturated rings. The van der Waals surface area contributed by atoms with Gasteiger partial charge in [-0.25, -0.2) is 4.98 Å². The van der Waals surface area contributed by atoms with Gasteiger partial charge in [0.05, 0.1) is 24.2 Å². The summed E-state index contributed by atoms with van der Waals surface area (Å²) in [4.78, 5) is 18.3. The van der Waals surface area contributed by atoms with Gasteiger partial charge in [0, 0.05) is 50.3 Å². The van der Waals surface area contributed by atoms with E-state index in [1.54, 1.807) is 6.07 Å². The first-order valence-corrected chi connectivity index (χ1v) is 14.1. The third-order valence-electron chi connectivity index (χ3n) is 7.05. The Morgan fingerprint density at radius 1 is 0.953 bits per heavy atom. The Kier molecular flexibility index (Phi) is 13.2. The lowest BCUT2D eigenvalue weighted by atomic mass is 10.1. The van der Waals surface area contributed by atoms with Crippen LogP contribution in [-0.4, -0.2) is 65.0 Å². The van der Waals surface area contributed by atoms with Crippen LogP contribution in [0.5, 0.6) is 17.2 Å². The van der Waals surface area contributed by atoms with E-state index in [-0.39, 0.29) is 37.8 Å². The van der Waals surface area contributed by atoms with E-state index >= 15 is 0 Å². The number of benzene rings is 3. The number of aryl methyl sites for hydroxylation is 2. The largest absolute Gasteiger partial charge is 0.492 e. The molecule has 1 aromatic heterocycles. The van der Waals surface area contributed by atoms with Gasteiger partial charge in [-0.3, -0.25) is 9.69 Å². The van der Waals surface area contributed by atoms with Crippen LogP contribution in [0.2, 0.25) is 5.02 Å². The molecule has 0 spiro atoms. The number of nitrogens with zero attached hydrogens (tertiary/aromatic N) is 3. The maximum atomic E-state index is 11.2. The van der Waals surface area contributed by atoms with Gasteiger partial charge in [0.25, 0.3) is 0 Å². The number of hydrogen-bond donors (Lipinski definition) is 1. The molecule has 0 bridgehead atoms. The van der Waals surface area contributed by atoms with Crippen molar-refractivity contribution in [2.75, 3.05) is 39.5 Å². The summed E-state index contributed by atoms with van der Waals surface area (Å²) in [5.41, 5.74) is 3.58. The molecule has 5 rings (SSSR count). The number of aromatic nitrogens is 2. The molecule has 0 aliphatic carbocycles. The van der Waals surface area contributed by atoms with Gasteiger partial charge in [-0.1, -0.05) is 29.8 Å². The highest BCUT2D eigenvalue weighted by Crippen LogP contribution is 2.28. The molecule has 3 aromatic carbocycles. The average molecular weight is 653 g/mol. The van der Waals surface area contributed by atoms with Crippen LogP contribution in [0, 0.1) is 0 Å². The molecule has 1 aliphatic heterocycles.